The zero-order valence-corrected chi connectivity index (χ0v) is 17.4. The molecule has 0 amide bonds. The molecule has 0 radical (unpaired) electrons. The van der Waals surface area contributed by atoms with Gasteiger partial charge in [0.05, 0.1) is 27.2 Å². The average Bonchev–Trinajstić information content (AvgIpc) is 3.33. The van der Waals surface area contributed by atoms with Gasteiger partial charge in [-0.25, -0.2) is 8.42 Å². The van der Waals surface area contributed by atoms with Gasteiger partial charge in [0.1, 0.15) is 0 Å². The van der Waals surface area contributed by atoms with Gasteiger partial charge in [-0.2, -0.15) is 0 Å². The molecule has 0 bridgehead atoms. The molecule has 0 spiro atoms. The van der Waals surface area contributed by atoms with Crippen LogP contribution in [0.1, 0.15) is 29.5 Å². The number of nitrogens with two attached hydrogens (primary N) is 1. The molecule has 3 rings (SSSR count). The fourth-order valence-electron chi connectivity index (χ4n) is 3.94. The molecule has 2 N–H and O–H groups in total. The molecule has 0 aliphatic heterocycles. The standard InChI is InChI=1S/C21H25NO3S2/c1-4-15-7-9-16(10-8-15)18-19(21(18,13-25-3)20(22)26)27(23,24)17-11-5-14(2)6-12-17/h5-12,18-19H,4,13H2,1-3H3,(H2,22,26)/t18-,19-,21-/m0/s1. The number of ether oxygens (including phenoxy) is 1. The summed E-state index contributed by atoms with van der Waals surface area (Å²) >= 11 is 5.34. The summed E-state index contributed by atoms with van der Waals surface area (Å²) in [5.41, 5.74) is 8.33. The third-order valence-electron chi connectivity index (χ3n) is 5.53. The molecule has 0 saturated heterocycles. The Kier molecular flexibility index (Phi) is 5.43. The zero-order chi connectivity index (χ0) is 19.8. The van der Waals surface area contributed by atoms with E-state index in [4.69, 9.17) is 22.7 Å². The molecule has 0 aromatic heterocycles. The SMILES string of the molecule is CCc1ccc([C@H]2[C@H](S(=O)(=O)c3ccc(C)cc3)[C@@]2(COC)C(N)=S)cc1. The number of methoxy groups -OCH3 is 1. The maximum atomic E-state index is 13.4. The van der Waals surface area contributed by atoms with Gasteiger partial charge in [-0.1, -0.05) is 61.1 Å². The summed E-state index contributed by atoms with van der Waals surface area (Å²) in [5, 5.41) is -0.724. The number of hydrogen-bond donors (Lipinski definition) is 1. The first-order valence-electron chi connectivity index (χ1n) is 8.97. The summed E-state index contributed by atoms with van der Waals surface area (Å²) in [4.78, 5) is 0.483. The van der Waals surface area contributed by atoms with Crippen molar-refractivity contribution in [1.29, 1.82) is 0 Å². The van der Waals surface area contributed by atoms with Crippen molar-refractivity contribution in [3.63, 3.8) is 0 Å². The quantitative estimate of drug-likeness (QED) is 0.718. The maximum absolute atomic E-state index is 13.4. The molecule has 1 aliphatic carbocycles. The highest BCUT2D eigenvalue weighted by Gasteiger charge is 2.73. The molecular weight excluding hydrogens is 378 g/mol. The molecule has 6 heteroatoms. The van der Waals surface area contributed by atoms with Crippen LogP contribution >= 0.6 is 12.2 Å². The van der Waals surface area contributed by atoms with E-state index in [0.717, 1.165) is 17.5 Å². The van der Waals surface area contributed by atoms with Crippen molar-refractivity contribution in [2.24, 2.45) is 11.1 Å². The number of rotatable bonds is 7. The molecular formula is C21H25NO3S2. The molecule has 27 heavy (non-hydrogen) atoms. The van der Waals surface area contributed by atoms with E-state index in [-0.39, 0.29) is 17.5 Å². The van der Waals surface area contributed by atoms with Crippen molar-refractivity contribution in [3.05, 3.63) is 65.2 Å². The Morgan fingerprint density at radius 2 is 1.74 bits per heavy atom. The van der Waals surface area contributed by atoms with Crippen LogP contribution in [0.25, 0.3) is 0 Å². The van der Waals surface area contributed by atoms with Gasteiger partial charge in [-0.15, -0.1) is 0 Å². The summed E-state index contributed by atoms with van der Waals surface area (Å²) in [5.74, 6) is -0.313. The first kappa shape index (κ1) is 20.0. The first-order valence-corrected chi connectivity index (χ1v) is 10.9. The van der Waals surface area contributed by atoms with E-state index in [0.29, 0.717) is 4.90 Å². The van der Waals surface area contributed by atoms with Gasteiger partial charge in [-0.05, 0) is 36.6 Å². The number of thiocarbonyl (C=S) groups is 1. The van der Waals surface area contributed by atoms with E-state index >= 15 is 0 Å². The van der Waals surface area contributed by atoms with Crippen LogP contribution in [0.5, 0.6) is 0 Å². The molecule has 2 aromatic carbocycles. The fourth-order valence-corrected chi connectivity index (χ4v) is 6.71. The molecule has 0 heterocycles. The lowest BCUT2D eigenvalue weighted by atomic mass is 9.98. The van der Waals surface area contributed by atoms with Crippen LogP contribution in [-0.2, 0) is 21.0 Å². The smallest absolute Gasteiger partial charge is 0.182 e. The van der Waals surface area contributed by atoms with Crippen LogP contribution in [0.2, 0.25) is 0 Å². The van der Waals surface area contributed by atoms with Gasteiger partial charge in [0.25, 0.3) is 0 Å². The van der Waals surface area contributed by atoms with Crippen LogP contribution in [0.15, 0.2) is 53.4 Å². The molecule has 2 aromatic rings. The highest BCUT2D eigenvalue weighted by Crippen LogP contribution is 2.64. The monoisotopic (exact) mass is 403 g/mol. The van der Waals surface area contributed by atoms with Gasteiger partial charge in [-0.3, -0.25) is 0 Å². The second-order valence-corrected chi connectivity index (χ2v) is 9.70. The lowest BCUT2D eigenvalue weighted by Crippen LogP contribution is -2.33. The predicted molar refractivity (Wildman–Crippen MR) is 112 cm³/mol. The predicted octanol–water partition coefficient (Wildman–Crippen LogP) is 3.42. The lowest BCUT2D eigenvalue weighted by molar-refractivity contribution is 0.166. The number of hydrogen-bond acceptors (Lipinski definition) is 4. The van der Waals surface area contributed by atoms with E-state index in [9.17, 15) is 8.42 Å². The molecule has 4 nitrogen and oxygen atoms in total. The minimum Gasteiger partial charge on any atom is -0.393 e. The largest absolute Gasteiger partial charge is 0.393 e. The highest BCUT2D eigenvalue weighted by molar-refractivity contribution is 7.92. The van der Waals surface area contributed by atoms with Gasteiger partial charge < -0.3 is 10.5 Å². The van der Waals surface area contributed by atoms with Crippen molar-refractivity contribution in [3.8, 4) is 0 Å². The Bertz CT molecular complexity index is 936. The molecule has 1 saturated carbocycles. The van der Waals surface area contributed by atoms with Crippen molar-refractivity contribution >= 4 is 27.0 Å². The van der Waals surface area contributed by atoms with E-state index in [1.807, 2.05) is 31.2 Å². The van der Waals surface area contributed by atoms with E-state index in [2.05, 4.69) is 6.92 Å². The maximum Gasteiger partial charge on any atom is 0.182 e. The first-order chi connectivity index (χ1) is 12.8. The average molecular weight is 404 g/mol. The summed E-state index contributed by atoms with van der Waals surface area (Å²) < 4.78 is 32.2. The summed E-state index contributed by atoms with van der Waals surface area (Å²) in [6.45, 7) is 4.19. The normalized spacial score (nSPS) is 24.6. The number of sulfone groups is 1. The second kappa shape index (κ2) is 7.34. The Labute approximate surface area is 166 Å². The van der Waals surface area contributed by atoms with Crippen molar-refractivity contribution in [1.82, 2.24) is 0 Å². The van der Waals surface area contributed by atoms with Crippen LogP contribution in [0.3, 0.4) is 0 Å². The van der Waals surface area contributed by atoms with Gasteiger partial charge in [0.2, 0.25) is 0 Å². The van der Waals surface area contributed by atoms with Crippen LogP contribution in [-0.4, -0.2) is 32.4 Å². The topological polar surface area (TPSA) is 69.4 Å². The minimum absolute atomic E-state index is 0.179. The Morgan fingerprint density at radius 3 is 2.22 bits per heavy atom. The van der Waals surface area contributed by atoms with Gasteiger partial charge in [0, 0.05) is 13.0 Å². The van der Waals surface area contributed by atoms with Crippen LogP contribution in [0, 0.1) is 12.3 Å². The molecule has 144 valence electrons. The van der Waals surface area contributed by atoms with Crippen molar-refractivity contribution < 1.29 is 13.2 Å². The molecule has 1 aliphatic rings. The van der Waals surface area contributed by atoms with E-state index in [1.165, 1.54) is 5.56 Å². The third kappa shape index (κ3) is 3.30. The summed E-state index contributed by atoms with van der Waals surface area (Å²) in [6, 6.07) is 14.9. The minimum atomic E-state index is -3.62. The molecule has 1 fully saturated rings. The third-order valence-corrected chi connectivity index (χ3v) is 8.20. The van der Waals surface area contributed by atoms with Gasteiger partial charge >= 0.3 is 0 Å². The Hall–Kier alpha value is -1.76. The summed E-state index contributed by atoms with van der Waals surface area (Å²) in [7, 11) is -2.07. The number of aryl methyl sites for hydroxylation is 2. The Balaban J connectivity index is 2.09. The summed E-state index contributed by atoms with van der Waals surface area (Å²) in [6.07, 6.45) is 0.925. The van der Waals surface area contributed by atoms with Crippen LogP contribution in [0.4, 0.5) is 0 Å². The lowest BCUT2D eigenvalue weighted by Gasteiger charge is -2.16. The molecule has 3 atom stereocenters. The highest BCUT2D eigenvalue weighted by atomic mass is 32.2. The van der Waals surface area contributed by atoms with Gasteiger partial charge in [0.15, 0.2) is 9.84 Å². The second-order valence-electron chi connectivity index (χ2n) is 7.19. The van der Waals surface area contributed by atoms with Crippen molar-refractivity contribution in [2.75, 3.05) is 13.7 Å². The number of benzene rings is 2. The van der Waals surface area contributed by atoms with Crippen molar-refractivity contribution in [2.45, 2.75) is 36.3 Å². The molecule has 0 unspecified atom stereocenters. The van der Waals surface area contributed by atoms with E-state index < -0.39 is 20.5 Å². The van der Waals surface area contributed by atoms with E-state index in [1.54, 1.807) is 31.4 Å². The zero-order valence-electron chi connectivity index (χ0n) is 15.8. The Morgan fingerprint density at radius 1 is 1.15 bits per heavy atom. The fraction of sp³-hybridized carbons (Fsp3) is 0.381. The van der Waals surface area contributed by atoms with Crippen LogP contribution < -0.4 is 5.73 Å².